The lowest BCUT2D eigenvalue weighted by Gasteiger charge is -2.11. The summed E-state index contributed by atoms with van der Waals surface area (Å²) >= 11 is 0. The first-order chi connectivity index (χ1) is 8.78. The van der Waals surface area contributed by atoms with Gasteiger partial charge in [0.2, 0.25) is 0 Å². The second kappa shape index (κ2) is 6.57. The molecule has 0 atom stereocenters. The van der Waals surface area contributed by atoms with Crippen LogP contribution in [0.1, 0.15) is 44.9 Å². The minimum Gasteiger partial charge on any atom is -0.370 e. The highest BCUT2D eigenvalue weighted by molar-refractivity contribution is 5.47. The molecule has 0 unspecified atom stereocenters. The minimum atomic E-state index is 0.816. The van der Waals surface area contributed by atoms with Gasteiger partial charge >= 0.3 is 0 Å². The van der Waals surface area contributed by atoms with Crippen LogP contribution in [0.3, 0.4) is 0 Å². The fourth-order valence-electron chi connectivity index (χ4n) is 2.63. The number of aryl methyl sites for hydroxylation is 1. The number of hydrogen-bond acceptors (Lipinski definition) is 4. The van der Waals surface area contributed by atoms with Gasteiger partial charge in [-0.05, 0) is 26.2 Å². The molecule has 0 aromatic carbocycles. The van der Waals surface area contributed by atoms with Crippen molar-refractivity contribution in [3.63, 3.8) is 0 Å². The summed E-state index contributed by atoms with van der Waals surface area (Å²) in [4.78, 5) is 8.76. The van der Waals surface area contributed by atoms with Crippen molar-refractivity contribution < 1.29 is 0 Å². The number of nitrogens with zero attached hydrogens (tertiary/aromatic N) is 2. The van der Waals surface area contributed by atoms with Gasteiger partial charge < -0.3 is 10.6 Å². The molecule has 0 amide bonds. The third-order valence-corrected chi connectivity index (χ3v) is 3.53. The maximum atomic E-state index is 4.42. The maximum Gasteiger partial charge on any atom is 0.131 e. The van der Waals surface area contributed by atoms with Gasteiger partial charge in [-0.15, -0.1) is 0 Å². The second-order valence-corrected chi connectivity index (χ2v) is 5.08. The number of anilines is 2. The Kier molecular flexibility index (Phi) is 4.79. The van der Waals surface area contributed by atoms with Crippen molar-refractivity contribution in [2.75, 3.05) is 23.7 Å². The average molecular weight is 248 g/mol. The topological polar surface area (TPSA) is 49.8 Å². The Balaban J connectivity index is 1.83. The van der Waals surface area contributed by atoms with Gasteiger partial charge in [-0.25, -0.2) is 9.97 Å². The normalized spacial score (nSPS) is 15.9. The van der Waals surface area contributed by atoms with Gasteiger partial charge in [-0.2, -0.15) is 0 Å². The zero-order valence-electron chi connectivity index (χ0n) is 11.5. The van der Waals surface area contributed by atoms with E-state index in [1.165, 1.54) is 32.1 Å². The molecular formula is C14H24N4. The van der Waals surface area contributed by atoms with Crippen molar-refractivity contribution in [3.8, 4) is 0 Å². The van der Waals surface area contributed by atoms with Crippen LogP contribution in [0.5, 0.6) is 0 Å². The van der Waals surface area contributed by atoms with Gasteiger partial charge in [-0.1, -0.05) is 25.7 Å². The van der Waals surface area contributed by atoms with E-state index in [0.717, 1.165) is 36.5 Å². The lowest BCUT2D eigenvalue weighted by Crippen LogP contribution is -2.10. The summed E-state index contributed by atoms with van der Waals surface area (Å²) in [5, 5.41) is 6.65. The number of nitrogens with one attached hydrogen (secondary N) is 2. The molecule has 1 fully saturated rings. The largest absolute Gasteiger partial charge is 0.370 e. The molecule has 2 N–H and O–H groups in total. The highest BCUT2D eigenvalue weighted by atomic mass is 15.1. The third-order valence-electron chi connectivity index (χ3n) is 3.53. The molecule has 0 radical (unpaired) electrons. The smallest absolute Gasteiger partial charge is 0.131 e. The van der Waals surface area contributed by atoms with Crippen LogP contribution in [0.4, 0.5) is 11.6 Å². The molecule has 1 heterocycles. The van der Waals surface area contributed by atoms with Gasteiger partial charge in [-0.3, -0.25) is 0 Å². The van der Waals surface area contributed by atoms with E-state index in [9.17, 15) is 0 Å². The summed E-state index contributed by atoms with van der Waals surface area (Å²) in [5.74, 6) is 3.59. The highest BCUT2D eigenvalue weighted by Crippen LogP contribution is 2.27. The Morgan fingerprint density at radius 1 is 1.17 bits per heavy atom. The molecule has 1 aliphatic carbocycles. The van der Waals surface area contributed by atoms with E-state index < -0.39 is 0 Å². The molecule has 0 saturated heterocycles. The first-order valence-electron chi connectivity index (χ1n) is 7.11. The van der Waals surface area contributed by atoms with Crippen molar-refractivity contribution in [3.05, 3.63) is 11.9 Å². The van der Waals surface area contributed by atoms with Gasteiger partial charge in [0.25, 0.3) is 0 Å². The molecule has 18 heavy (non-hydrogen) atoms. The van der Waals surface area contributed by atoms with E-state index >= 15 is 0 Å². The van der Waals surface area contributed by atoms with Crippen molar-refractivity contribution >= 4 is 11.6 Å². The molecule has 0 bridgehead atoms. The van der Waals surface area contributed by atoms with Crippen molar-refractivity contribution in [1.82, 2.24) is 9.97 Å². The van der Waals surface area contributed by atoms with Crippen LogP contribution in [0.2, 0.25) is 0 Å². The first kappa shape index (κ1) is 13.1. The maximum absolute atomic E-state index is 4.42. The molecule has 0 aliphatic heterocycles. The standard InChI is InChI=1S/C14H24N4/c1-3-15-13-10-14(18-11(2)17-13)16-9-8-12-6-4-5-7-12/h10,12H,3-9H2,1-2H3,(H2,15,16,17,18). The lowest BCUT2D eigenvalue weighted by atomic mass is 10.0. The Bertz CT molecular complexity index is 372. The Hall–Kier alpha value is -1.32. The van der Waals surface area contributed by atoms with E-state index in [-0.39, 0.29) is 0 Å². The van der Waals surface area contributed by atoms with Gasteiger partial charge in [0.1, 0.15) is 17.5 Å². The first-order valence-corrected chi connectivity index (χ1v) is 7.11. The van der Waals surface area contributed by atoms with Crippen molar-refractivity contribution in [1.29, 1.82) is 0 Å². The summed E-state index contributed by atoms with van der Waals surface area (Å²) in [6, 6.07) is 1.99. The van der Waals surface area contributed by atoms with Crippen LogP contribution < -0.4 is 10.6 Å². The average Bonchev–Trinajstić information content (AvgIpc) is 2.82. The van der Waals surface area contributed by atoms with Crippen LogP contribution in [0, 0.1) is 12.8 Å². The molecule has 4 nitrogen and oxygen atoms in total. The molecule has 1 saturated carbocycles. The highest BCUT2D eigenvalue weighted by Gasteiger charge is 2.14. The van der Waals surface area contributed by atoms with Crippen LogP contribution in [0.25, 0.3) is 0 Å². The van der Waals surface area contributed by atoms with E-state index in [0.29, 0.717) is 0 Å². The monoisotopic (exact) mass is 248 g/mol. The summed E-state index contributed by atoms with van der Waals surface area (Å²) in [5.41, 5.74) is 0. The third kappa shape index (κ3) is 3.86. The minimum absolute atomic E-state index is 0.816. The summed E-state index contributed by atoms with van der Waals surface area (Å²) in [6.07, 6.45) is 6.92. The van der Waals surface area contributed by atoms with E-state index in [1.807, 2.05) is 13.0 Å². The van der Waals surface area contributed by atoms with Gasteiger partial charge in [0, 0.05) is 19.2 Å². The number of aromatic nitrogens is 2. The summed E-state index contributed by atoms with van der Waals surface area (Å²) in [6.45, 7) is 5.91. The van der Waals surface area contributed by atoms with E-state index in [4.69, 9.17) is 0 Å². The second-order valence-electron chi connectivity index (χ2n) is 5.08. The number of hydrogen-bond donors (Lipinski definition) is 2. The Morgan fingerprint density at radius 2 is 1.83 bits per heavy atom. The predicted molar refractivity (Wildman–Crippen MR) is 76.0 cm³/mol. The van der Waals surface area contributed by atoms with Crippen molar-refractivity contribution in [2.45, 2.75) is 46.0 Å². The van der Waals surface area contributed by atoms with Crippen molar-refractivity contribution in [2.24, 2.45) is 5.92 Å². The molecular weight excluding hydrogens is 224 g/mol. The zero-order chi connectivity index (χ0) is 12.8. The van der Waals surface area contributed by atoms with Gasteiger partial charge in [0.15, 0.2) is 0 Å². The molecule has 1 aromatic heterocycles. The molecule has 4 heteroatoms. The van der Waals surface area contributed by atoms with Gasteiger partial charge in [0.05, 0.1) is 0 Å². The van der Waals surface area contributed by atoms with Crippen LogP contribution in [0.15, 0.2) is 6.07 Å². The SMILES string of the molecule is CCNc1cc(NCCC2CCCC2)nc(C)n1. The fraction of sp³-hybridized carbons (Fsp3) is 0.714. The van der Waals surface area contributed by atoms with E-state index in [2.05, 4.69) is 27.5 Å². The van der Waals surface area contributed by atoms with Crippen LogP contribution in [-0.4, -0.2) is 23.1 Å². The fourth-order valence-corrected chi connectivity index (χ4v) is 2.63. The molecule has 2 rings (SSSR count). The Labute approximate surface area is 110 Å². The molecule has 1 aromatic rings. The van der Waals surface area contributed by atoms with Crippen LogP contribution >= 0.6 is 0 Å². The molecule has 1 aliphatic rings. The van der Waals surface area contributed by atoms with Crippen LogP contribution in [-0.2, 0) is 0 Å². The zero-order valence-corrected chi connectivity index (χ0v) is 11.5. The molecule has 100 valence electrons. The van der Waals surface area contributed by atoms with E-state index in [1.54, 1.807) is 0 Å². The molecule has 0 spiro atoms. The number of rotatable bonds is 6. The summed E-state index contributed by atoms with van der Waals surface area (Å²) < 4.78 is 0. The lowest BCUT2D eigenvalue weighted by molar-refractivity contribution is 0.518. The summed E-state index contributed by atoms with van der Waals surface area (Å²) in [7, 11) is 0. The quantitative estimate of drug-likeness (QED) is 0.811. The predicted octanol–water partition coefficient (Wildman–Crippen LogP) is 3.21. The Morgan fingerprint density at radius 3 is 2.50 bits per heavy atom.